The monoisotopic (exact) mass is 278 g/mol. The molecule has 0 fully saturated rings. The van der Waals surface area contributed by atoms with Crippen LogP contribution in [0.3, 0.4) is 0 Å². The fourth-order valence-electron chi connectivity index (χ4n) is 2.10. The van der Waals surface area contributed by atoms with Crippen molar-refractivity contribution in [2.45, 2.75) is 39.3 Å². The maximum atomic E-state index is 11.8. The third kappa shape index (κ3) is 5.30. The second-order valence-electron chi connectivity index (χ2n) is 5.33. The molecule has 0 bridgehead atoms. The summed E-state index contributed by atoms with van der Waals surface area (Å²) < 4.78 is 0. The molecule has 1 rings (SSSR count). The average molecular weight is 278 g/mol. The molecule has 0 saturated carbocycles. The molecule has 20 heavy (non-hydrogen) atoms. The van der Waals surface area contributed by atoms with Gasteiger partial charge in [0.05, 0.1) is 0 Å². The zero-order chi connectivity index (χ0) is 15.1. The molecular weight excluding hydrogens is 256 g/mol. The molecule has 2 unspecified atom stereocenters. The van der Waals surface area contributed by atoms with Gasteiger partial charge in [-0.1, -0.05) is 44.2 Å². The molecule has 3 N–H and O–H groups in total. The number of aliphatic carboxylic acids is 1. The highest BCUT2D eigenvalue weighted by Gasteiger charge is 2.22. The lowest BCUT2D eigenvalue weighted by Gasteiger charge is -2.19. The quantitative estimate of drug-likeness (QED) is 0.748. The Bertz CT molecular complexity index is 446. The predicted molar refractivity (Wildman–Crippen MR) is 77.4 cm³/mol. The molecule has 1 aromatic rings. The first-order valence-corrected chi connectivity index (χ1v) is 6.75. The smallest absolute Gasteiger partial charge is 0.330 e. The van der Waals surface area contributed by atoms with Crippen molar-refractivity contribution in [3.8, 4) is 0 Å². The van der Waals surface area contributed by atoms with Crippen LogP contribution in [-0.4, -0.2) is 23.1 Å². The van der Waals surface area contributed by atoms with E-state index in [0.29, 0.717) is 11.5 Å². The van der Waals surface area contributed by atoms with E-state index < -0.39 is 18.0 Å². The normalized spacial score (nSPS) is 13.6. The van der Waals surface area contributed by atoms with Crippen LogP contribution in [0.25, 0.3) is 0 Å². The molecule has 110 valence electrons. The number of carbonyl (C=O) groups is 2. The third-order valence-corrected chi connectivity index (χ3v) is 2.86. The highest BCUT2D eigenvalue weighted by Crippen LogP contribution is 2.12. The molecule has 0 heterocycles. The summed E-state index contributed by atoms with van der Waals surface area (Å²) >= 11 is 0. The van der Waals surface area contributed by atoms with Gasteiger partial charge in [0.25, 0.3) is 0 Å². The van der Waals surface area contributed by atoms with Gasteiger partial charge < -0.3 is 15.7 Å². The molecule has 0 aromatic heterocycles. The summed E-state index contributed by atoms with van der Waals surface area (Å²) in [7, 11) is 0. The standard InChI is InChI=1S/C15H22N2O3/c1-10(2)9-11(3)16-15(20)17-13(14(18)19)12-7-5-4-6-8-12/h4-8,10-11,13H,9H2,1-3H3,(H,18,19)(H2,16,17,20). The lowest BCUT2D eigenvalue weighted by molar-refractivity contribution is -0.139. The van der Waals surface area contributed by atoms with Gasteiger partial charge in [0.2, 0.25) is 0 Å². The van der Waals surface area contributed by atoms with Crippen molar-refractivity contribution in [2.24, 2.45) is 5.92 Å². The fraction of sp³-hybridized carbons (Fsp3) is 0.467. The lowest BCUT2D eigenvalue weighted by Crippen LogP contribution is -2.44. The summed E-state index contributed by atoms with van der Waals surface area (Å²) in [5.41, 5.74) is 0.548. The van der Waals surface area contributed by atoms with Crippen molar-refractivity contribution >= 4 is 12.0 Å². The molecule has 0 radical (unpaired) electrons. The Hall–Kier alpha value is -2.04. The molecule has 2 atom stereocenters. The van der Waals surface area contributed by atoms with Gasteiger partial charge in [-0.15, -0.1) is 0 Å². The topological polar surface area (TPSA) is 78.4 Å². The van der Waals surface area contributed by atoms with Gasteiger partial charge >= 0.3 is 12.0 Å². The highest BCUT2D eigenvalue weighted by atomic mass is 16.4. The van der Waals surface area contributed by atoms with Crippen molar-refractivity contribution in [1.29, 1.82) is 0 Å². The maximum absolute atomic E-state index is 11.8. The molecular formula is C15H22N2O3. The summed E-state index contributed by atoms with van der Waals surface area (Å²) in [5, 5.41) is 14.5. The lowest BCUT2D eigenvalue weighted by atomic mass is 10.1. The van der Waals surface area contributed by atoms with Gasteiger partial charge in [0.15, 0.2) is 6.04 Å². The molecule has 5 nitrogen and oxygen atoms in total. The van der Waals surface area contributed by atoms with E-state index >= 15 is 0 Å². The van der Waals surface area contributed by atoms with Gasteiger partial charge in [-0.25, -0.2) is 9.59 Å². The molecule has 5 heteroatoms. The van der Waals surface area contributed by atoms with Crippen LogP contribution in [0.4, 0.5) is 4.79 Å². The summed E-state index contributed by atoms with van der Waals surface area (Å²) in [5.74, 6) is -0.613. The summed E-state index contributed by atoms with van der Waals surface area (Å²) in [6.07, 6.45) is 0.844. The maximum Gasteiger partial charge on any atom is 0.330 e. The molecule has 0 aliphatic carbocycles. The second kappa shape index (κ2) is 7.53. The number of benzene rings is 1. The van der Waals surface area contributed by atoms with Crippen LogP contribution in [-0.2, 0) is 4.79 Å². The Labute approximate surface area is 119 Å². The van der Waals surface area contributed by atoms with Crippen molar-refractivity contribution < 1.29 is 14.7 Å². The predicted octanol–water partition coefficient (Wildman–Crippen LogP) is 2.55. The van der Waals surface area contributed by atoms with E-state index in [0.717, 1.165) is 6.42 Å². The van der Waals surface area contributed by atoms with Gasteiger partial charge in [-0.05, 0) is 24.8 Å². The van der Waals surface area contributed by atoms with Gasteiger partial charge in [0.1, 0.15) is 0 Å². The number of rotatable bonds is 6. The van der Waals surface area contributed by atoms with E-state index in [9.17, 15) is 14.7 Å². The molecule has 0 aliphatic heterocycles. The van der Waals surface area contributed by atoms with Crippen LogP contribution in [0, 0.1) is 5.92 Å². The second-order valence-corrected chi connectivity index (χ2v) is 5.33. The Kier molecular flexibility index (Phi) is 6.03. The first-order chi connectivity index (χ1) is 9.40. The number of hydrogen-bond acceptors (Lipinski definition) is 2. The van der Waals surface area contributed by atoms with Crippen LogP contribution >= 0.6 is 0 Å². The van der Waals surface area contributed by atoms with E-state index in [-0.39, 0.29) is 6.04 Å². The summed E-state index contributed by atoms with van der Waals surface area (Å²) in [6.45, 7) is 6.04. The molecule has 2 amide bonds. The number of carboxylic acids is 1. The molecule has 0 spiro atoms. The first kappa shape index (κ1) is 16.0. The van der Waals surface area contributed by atoms with Crippen molar-refractivity contribution in [3.05, 3.63) is 35.9 Å². The van der Waals surface area contributed by atoms with E-state index in [1.54, 1.807) is 30.3 Å². The number of hydrogen-bond donors (Lipinski definition) is 3. The fourth-order valence-corrected chi connectivity index (χ4v) is 2.10. The Balaban J connectivity index is 2.63. The van der Waals surface area contributed by atoms with Crippen molar-refractivity contribution in [2.75, 3.05) is 0 Å². The number of carbonyl (C=O) groups excluding carboxylic acids is 1. The molecule has 0 saturated heterocycles. The van der Waals surface area contributed by atoms with Gasteiger partial charge in [0, 0.05) is 6.04 Å². The van der Waals surface area contributed by atoms with E-state index in [2.05, 4.69) is 24.5 Å². The Morgan fingerprint density at radius 3 is 2.20 bits per heavy atom. The number of amides is 2. The third-order valence-electron chi connectivity index (χ3n) is 2.86. The van der Waals surface area contributed by atoms with Crippen LogP contribution in [0.2, 0.25) is 0 Å². The summed E-state index contributed by atoms with van der Waals surface area (Å²) in [6, 6.07) is 7.14. The SMILES string of the molecule is CC(C)CC(C)NC(=O)NC(C(=O)O)c1ccccc1. The molecule has 1 aromatic carbocycles. The first-order valence-electron chi connectivity index (χ1n) is 6.75. The largest absolute Gasteiger partial charge is 0.479 e. The molecule has 0 aliphatic rings. The van der Waals surface area contributed by atoms with E-state index in [1.807, 2.05) is 6.92 Å². The Morgan fingerprint density at radius 1 is 1.10 bits per heavy atom. The Morgan fingerprint density at radius 2 is 1.70 bits per heavy atom. The average Bonchev–Trinajstić information content (AvgIpc) is 2.35. The van der Waals surface area contributed by atoms with Crippen molar-refractivity contribution in [3.63, 3.8) is 0 Å². The summed E-state index contributed by atoms with van der Waals surface area (Å²) in [4.78, 5) is 23.1. The zero-order valence-corrected chi connectivity index (χ0v) is 12.1. The minimum Gasteiger partial charge on any atom is -0.479 e. The number of carboxylic acid groups (broad SMARTS) is 1. The van der Waals surface area contributed by atoms with Crippen LogP contribution < -0.4 is 10.6 Å². The number of urea groups is 1. The van der Waals surface area contributed by atoms with E-state index in [4.69, 9.17) is 0 Å². The van der Waals surface area contributed by atoms with Gasteiger partial charge in [-0.2, -0.15) is 0 Å². The van der Waals surface area contributed by atoms with Crippen LogP contribution in [0.5, 0.6) is 0 Å². The van der Waals surface area contributed by atoms with Gasteiger partial charge in [-0.3, -0.25) is 0 Å². The minimum atomic E-state index is -1.08. The van der Waals surface area contributed by atoms with Crippen LogP contribution in [0.1, 0.15) is 38.8 Å². The van der Waals surface area contributed by atoms with Crippen molar-refractivity contribution in [1.82, 2.24) is 10.6 Å². The van der Waals surface area contributed by atoms with E-state index in [1.165, 1.54) is 0 Å². The minimum absolute atomic E-state index is 0.000202. The van der Waals surface area contributed by atoms with Crippen LogP contribution in [0.15, 0.2) is 30.3 Å². The highest BCUT2D eigenvalue weighted by molar-refractivity contribution is 5.83. The zero-order valence-electron chi connectivity index (χ0n) is 12.1. The number of nitrogens with one attached hydrogen (secondary N) is 2.